The van der Waals surface area contributed by atoms with Crippen LogP contribution >= 0.6 is 0 Å². The van der Waals surface area contributed by atoms with Crippen LogP contribution in [0.5, 0.6) is 0 Å². The number of hydrogen-bond donors (Lipinski definition) is 1. The van der Waals surface area contributed by atoms with Gasteiger partial charge in [0, 0.05) is 30.0 Å². The summed E-state index contributed by atoms with van der Waals surface area (Å²) in [6.07, 6.45) is 1.55. The fraction of sp³-hybridized carbons (Fsp3) is 0.429. The minimum atomic E-state index is -0.492. The van der Waals surface area contributed by atoms with Crippen molar-refractivity contribution in [2.24, 2.45) is 0 Å². The number of ketones is 1. The SMILES string of the molecule is CC(=O)C1(c2ccccc2)CCN(C(=O)Cc2c(C)nc(N)nc2C)CC1. The van der Waals surface area contributed by atoms with E-state index in [-0.39, 0.29) is 24.1 Å². The van der Waals surface area contributed by atoms with Crippen molar-refractivity contribution in [3.05, 3.63) is 52.8 Å². The van der Waals surface area contributed by atoms with E-state index < -0.39 is 5.41 Å². The van der Waals surface area contributed by atoms with Crippen LogP contribution in [0.1, 0.15) is 42.3 Å². The average Bonchev–Trinajstić information content (AvgIpc) is 2.65. The maximum atomic E-state index is 12.8. The Labute approximate surface area is 159 Å². The van der Waals surface area contributed by atoms with Crippen molar-refractivity contribution in [3.8, 4) is 0 Å². The summed E-state index contributed by atoms with van der Waals surface area (Å²) in [6, 6.07) is 9.90. The summed E-state index contributed by atoms with van der Waals surface area (Å²) in [4.78, 5) is 35.5. The normalized spacial score (nSPS) is 16.2. The molecule has 1 aromatic carbocycles. The third-order valence-corrected chi connectivity index (χ3v) is 5.74. The number of Topliss-reactive ketones (excluding diaryl/α,β-unsaturated/α-hetero) is 1. The summed E-state index contributed by atoms with van der Waals surface area (Å²) in [5, 5.41) is 0. The maximum Gasteiger partial charge on any atom is 0.227 e. The predicted molar refractivity (Wildman–Crippen MR) is 104 cm³/mol. The van der Waals surface area contributed by atoms with E-state index in [2.05, 4.69) is 9.97 Å². The van der Waals surface area contributed by atoms with Crippen LogP contribution in [-0.2, 0) is 21.4 Å². The van der Waals surface area contributed by atoms with Crippen LogP contribution < -0.4 is 5.73 Å². The Morgan fingerprint density at radius 1 is 1.07 bits per heavy atom. The molecular formula is C21H26N4O2. The number of nitrogen functional groups attached to an aromatic ring is 1. The summed E-state index contributed by atoms with van der Waals surface area (Å²) in [5.74, 6) is 0.437. The summed E-state index contributed by atoms with van der Waals surface area (Å²) >= 11 is 0. The van der Waals surface area contributed by atoms with Crippen molar-refractivity contribution in [2.75, 3.05) is 18.8 Å². The van der Waals surface area contributed by atoms with Crippen LogP contribution in [0.3, 0.4) is 0 Å². The first kappa shape index (κ1) is 19.0. The monoisotopic (exact) mass is 366 g/mol. The molecule has 1 amide bonds. The molecule has 2 N–H and O–H groups in total. The van der Waals surface area contributed by atoms with Crippen LogP contribution in [0.25, 0.3) is 0 Å². The molecular weight excluding hydrogens is 340 g/mol. The highest BCUT2D eigenvalue weighted by Gasteiger charge is 2.41. The van der Waals surface area contributed by atoms with Gasteiger partial charge in [-0.2, -0.15) is 0 Å². The van der Waals surface area contributed by atoms with Gasteiger partial charge in [0.2, 0.25) is 11.9 Å². The van der Waals surface area contributed by atoms with Gasteiger partial charge in [-0.25, -0.2) is 9.97 Å². The Hall–Kier alpha value is -2.76. The van der Waals surface area contributed by atoms with Gasteiger partial charge in [0.1, 0.15) is 5.78 Å². The van der Waals surface area contributed by atoms with Crippen molar-refractivity contribution >= 4 is 17.6 Å². The van der Waals surface area contributed by atoms with Gasteiger partial charge in [0.05, 0.1) is 11.8 Å². The first-order valence-electron chi connectivity index (χ1n) is 9.27. The fourth-order valence-corrected chi connectivity index (χ4v) is 4.02. The van der Waals surface area contributed by atoms with Crippen LogP contribution in [0.4, 0.5) is 5.95 Å². The fourth-order valence-electron chi connectivity index (χ4n) is 4.02. The van der Waals surface area contributed by atoms with Gasteiger partial charge in [0.15, 0.2) is 0 Å². The number of hydrogen-bond acceptors (Lipinski definition) is 5. The van der Waals surface area contributed by atoms with E-state index in [1.165, 1.54) is 0 Å². The molecule has 1 aliphatic rings. The molecule has 0 atom stereocenters. The van der Waals surface area contributed by atoms with E-state index >= 15 is 0 Å². The van der Waals surface area contributed by atoms with Gasteiger partial charge < -0.3 is 10.6 Å². The molecule has 3 rings (SSSR count). The zero-order valence-electron chi connectivity index (χ0n) is 16.2. The number of carbonyl (C=O) groups is 2. The summed E-state index contributed by atoms with van der Waals surface area (Å²) < 4.78 is 0. The molecule has 1 aromatic heterocycles. The van der Waals surface area contributed by atoms with Crippen molar-refractivity contribution in [1.29, 1.82) is 0 Å². The number of rotatable bonds is 4. The third kappa shape index (κ3) is 3.70. The highest BCUT2D eigenvalue weighted by Crippen LogP contribution is 2.36. The second-order valence-electron chi connectivity index (χ2n) is 7.29. The quantitative estimate of drug-likeness (QED) is 0.897. The Kier molecular flexibility index (Phi) is 5.26. The van der Waals surface area contributed by atoms with Crippen LogP contribution in [0, 0.1) is 13.8 Å². The van der Waals surface area contributed by atoms with Gasteiger partial charge in [-0.05, 0) is 39.2 Å². The van der Waals surface area contributed by atoms with Gasteiger partial charge >= 0.3 is 0 Å². The van der Waals surface area contributed by atoms with Crippen molar-refractivity contribution < 1.29 is 9.59 Å². The Morgan fingerprint density at radius 3 is 2.15 bits per heavy atom. The number of carbonyl (C=O) groups excluding carboxylic acids is 2. The molecule has 2 heterocycles. The van der Waals surface area contributed by atoms with Crippen LogP contribution in [-0.4, -0.2) is 39.6 Å². The number of aromatic nitrogens is 2. The molecule has 0 unspecified atom stereocenters. The smallest absolute Gasteiger partial charge is 0.227 e. The number of likely N-dealkylation sites (tertiary alicyclic amines) is 1. The molecule has 1 aliphatic heterocycles. The standard InChI is InChI=1S/C21H26N4O2/c1-14-18(15(2)24-20(22)23-14)13-19(27)25-11-9-21(10-12-25,16(3)26)17-7-5-4-6-8-17/h4-8H,9-13H2,1-3H3,(H2,22,23,24). The molecule has 142 valence electrons. The third-order valence-electron chi connectivity index (χ3n) is 5.74. The Balaban J connectivity index is 1.73. The lowest BCUT2D eigenvalue weighted by atomic mass is 9.70. The predicted octanol–water partition coefficient (Wildman–Crippen LogP) is 2.37. The minimum absolute atomic E-state index is 0.0415. The second-order valence-corrected chi connectivity index (χ2v) is 7.29. The molecule has 1 fully saturated rings. The van der Waals surface area contributed by atoms with Crippen molar-refractivity contribution in [2.45, 2.75) is 45.4 Å². The Bertz CT molecular complexity index is 833. The second kappa shape index (κ2) is 7.47. The van der Waals surface area contributed by atoms with E-state index in [1.807, 2.05) is 49.1 Å². The van der Waals surface area contributed by atoms with Gasteiger partial charge in [-0.1, -0.05) is 30.3 Å². The topological polar surface area (TPSA) is 89.2 Å². The molecule has 6 heteroatoms. The molecule has 0 radical (unpaired) electrons. The van der Waals surface area contributed by atoms with Crippen LogP contribution in [0.2, 0.25) is 0 Å². The molecule has 6 nitrogen and oxygen atoms in total. The lowest BCUT2D eigenvalue weighted by molar-refractivity contribution is -0.135. The van der Waals surface area contributed by atoms with Crippen LogP contribution in [0.15, 0.2) is 30.3 Å². The van der Waals surface area contributed by atoms with E-state index in [0.29, 0.717) is 25.9 Å². The number of nitrogens with zero attached hydrogens (tertiary/aromatic N) is 3. The molecule has 2 aromatic rings. The van der Waals surface area contributed by atoms with E-state index in [0.717, 1.165) is 22.5 Å². The largest absolute Gasteiger partial charge is 0.368 e. The average molecular weight is 366 g/mol. The lowest BCUT2D eigenvalue weighted by Gasteiger charge is -2.40. The summed E-state index contributed by atoms with van der Waals surface area (Å²) in [7, 11) is 0. The van der Waals surface area contributed by atoms with Gasteiger partial charge in [0.25, 0.3) is 0 Å². The highest BCUT2D eigenvalue weighted by molar-refractivity contribution is 5.88. The minimum Gasteiger partial charge on any atom is -0.368 e. The number of anilines is 1. The van der Waals surface area contributed by atoms with E-state index in [4.69, 9.17) is 5.73 Å². The maximum absolute atomic E-state index is 12.8. The van der Waals surface area contributed by atoms with Gasteiger partial charge in [-0.15, -0.1) is 0 Å². The van der Waals surface area contributed by atoms with Crippen molar-refractivity contribution in [3.63, 3.8) is 0 Å². The summed E-state index contributed by atoms with van der Waals surface area (Å²) in [6.45, 7) is 6.49. The van der Waals surface area contributed by atoms with E-state index in [9.17, 15) is 9.59 Å². The number of piperidine rings is 1. The first-order chi connectivity index (χ1) is 12.8. The first-order valence-corrected chi connectivity index (χ1v) is 9.27. The highest BCUT2D eigenvalue weighted by atomic mass is 16.2. The number of amides is 1. The zero-order chi connectivity index (χ0) is 19.6. The Morgan fingerprint density at radius 2 is 1.63 bits per heavy atom. The number of benzene rings is 1. The van der Waals surface area contributed by atoms with E-state index in [1.54, 1.807) is 6.92 Å². The molecule has 1 saturated heterocycles. The molecule has 0 saturated carbocycles. The number of nitrogens with two attached hydrogens (primary N) is 1. The zero-order valence-corrected chi connectivity index (χ0v) is 16.2. The molecule has 27 heavy (non-hydrogen) atoms. The number of aryl methyl sites for hydroxylation is 2. The molecule has 0 bridgehead atoms. The molecule has 0 aliphatic carbocycles. The summed E-state index contributed by atoms with van der Waals surface area (Å²) in [5.41, 5.74) is 8.54. The van der Waals surface area contributed by atoms with Crippen molar-refractivity contribution in [1.82, 2.24) is 14.9 Å². The molecule has 0 spiro atoms. The lowest BCUT2D eigenvalue weighted by Crippen LogP contribution is -2.48. The van der Waals surface area contributed by atoms with Gasteiger partial charge in [-0.3, -0.25) is 9.59 Å².